The zero-order chi connectivity index (χ0) is 12.4. The molecule has 0 bridgehead atoms. The van der Waals surface area contributed by atoms with Crippen LogP contribution < -0.4 is 5.32 Å². The summed E-state index contributed by atoms with van der Waals surface area (Å²) in [4.78, 5) is 0. The van der Waals surface area contributed by atoms with Crippen molar-refractivity contribution in [3.05, 3.63) is 46.4 Å². The molecule has 0 spiro atoms. The first-order chi connectivity index (χ1) is 8.84. The van der Waals surface area contributed by atoms with Gasteiger partial charge in [-0.2, -0.15) is 0 Å². The third-order valence-corrected chi connectivity index (χ3v) is 4.63. The van der Waals surface area contributed by atoms with Gasteiger partial charge in [0.05, 0.1) is 0 Å². The van der Waals surface area contributed by atoms with Crippen molar-refractivity contribution in [2.24, 2.45) is 5.92 Å². The molecule has 2 aromatic rings. The van der Waals surface area contributed by atoms with Gasteiger partial charge in [0, 0.05) is 11.0 Å². The van der Waals surface area contributed by atoms with Crippen molar-refractivity contribution >= 4 is 26.7 Å². The highest BCUT2D eigenvalue weighted by atomic mass is 79.9. The molecular formula is C16H18BrN. The first-order valence-electron chi connectivity index (χ1n) is 6.71. The molecule has 0 heterocycles. The maximum Gasteiger partial charge on any atom is 0.0253 e. The molecule has 0 aliphatic heterocycles. The average Bonchev–Trinajstić information content (AvgIpc) is 2.35. The van der Waals surface area contributed by atoms with Crippen LogP contribution in [0.5, 0.6) is 0 Å². The monoisotopic (exact) mass is 303 g/mol. The summed E-state index contributed by atoms with van der Waals surface area (Å²) < 4.78 is 1.18. The molecule has 0 amide bonds. The van der Waals surface area contributed by atoms with E-state index in [4.69, 9.17) is 0 Å². The van der Waals surface area contributed by atoms with Crippen molar-refractivity contribution < 1.29 is 0 Å². The summed E-state index contributed by atoms with van der Waals surface area (Å²) >= 11 is 3.62. The lowest BCUT2D eigenvalue weighted by Crippen LogP contribution is -2.26. The smallest absolute Gasteiger partial charge is 0.0253 e. The number of halogens is 1. The van der Waals surface area contributed by atoms with E-state index in [2.05, 4.69) is 57.6 Å². The molecule has 0 atom stereocenters. The Labute approximate surface area is 117 Å². The second kappa shape index (κ2) is 5.41. The Bertz CT molecular complexity index is 546. The van der Waals surface area contributed by atoms with Crippen LogP contribution in [0, 0.1) is 5.92 Å². The van der Waals surface area contributed by atoms with Gasteiger partial charge in [-0.3, -0.25) is 0 Å². The molecule has 0 radical (unpaired) electrons. The maximum absolute atomic E-state index is 3.62. The summed E-state index contributed by atoms with van der Waals surface area (Å²) in [6.07, 6.45) is 4.25. The normalized spacial score (nSPS) is 15.8. The molecular weight excluding hydrogens is 286 g/mol. The largest absolute Gasteiger partial charge is 0.312 e. The second-order valence-electron chi connectivity index (χ2n) is 5.18. The van der Waals surface area contributed by atoms with Gasteiger partial charge in [0.25, 0.3) is 0 Å². The van der Waals surface area contributed by atoms with E-state index in [0.29, 0.717) is 0 Å². The van der Waals surface area contributed by atoms with Gasteiger partial charge in [-0.05, 0) is 47.7 Å². The van der Waals surface area contributed by atoms with Gasteiger partial charge in [0.1, 0.15) is 0 Å². The van der Waals surface area contributed by atoms with Gasteiger partial charge in [0.2, 0.25) is 0 Å². The molecule has 2 heteroatoms. The molecule has 3 rings (SSSR count). The predicted molar refractivity (Wildman–Crippen MR) is 80.7 cm³/mol. The standard InChI is InChI=1S/C16H18BrN/c17-16-9-8-13(11-18-10-12-4-3-5-12)14-6-1-2-7-15(14)16/h1-2,6-9,12,18H,3-5,10-11H2. The number of hydrogen-bond acceptors (Lipinski definition) is 1. The Morgan fingerprint density at radius 3 is 2.56 bits per heavy atom. The fourth-order valence-corrected chi connectivity index (χ4v) is 3.06. The molecule has 0 unspecified atom stereocenters. The molecule has 1 saturated carbocycles. The zero-order valence-corrected chi connectivity index (χ0v) is 12.0. The van der Waals surface area contributed by atoms with Gasteiger partial charge >= 0.3 is 0 Å². The third kappa shape index (κ3) is 2.45. The molecule has 1 nitrogen and oxygen atoms in total. The molecule has 94 valence electrons. The van der Waals surface area contributed by atoms with E-state index in [1.165, 1.54) is 46.6 Å². The van der Waals surface area contributed by atoms with E-state index >= 15 is 0 Å². The summed E-state index contributed by atoms with van der Waals surface area (Å²) in [5.41, 5.74) is 1.40. The first kappa shape index (κ1) is 12.2. The molecule has 1 N–H and O–H groups in total. The fraction of sp³-hybridized carbons (Fsp3) is 0.375. The fourth-order valence-electron chi connectivity index (χ4n) is 2.59. The first-order valence-corrected chi connectivity index (χ1v) is 7.51. The van der Waals surface area contributed by atoms with E-state index in [9.17, 15) is 0 Å². The number of hydrogen-bond donors (Lipinski definition) is 1. The van der Waals surface area contributed by atoms with Crippen LogP contribution in [0.4, 0.5) is 0 Å². The Hall–Kier alpha value is -0.860. The molecule has 1 aliphatic carbocycles. The minimum Gasteiger partial charge on any atom is -0.312 e. The van der Waals surface area contributed by atoms with Crippen LogP contribution in [-0.4, -0.2) is 6.54 Å². The van der Waals surface area contributed by atoms with E-state index in [1.54, 1.807) is 0 Å². The Kier molecular flexibility index (Phi) is 3.67. The van der Waals surface area contributed by atoms with Crippen LogP contribution >= 0.6 is 15.9 Å². The number of nitrogens with one attached hydrogen (secondary N) is 1. The van der Waals surface area contributed by atoms with Crippen LogP contribution in [0.25, 0.3) is 10.8 Å². The van der Waals surface area contributed by atoms with Crippen LogP contribution in [0.15, 0.2) is 40.9 Å². The number of rotatable bonds is 4. The predicted octanol–water partition coefficient (Wildman–Crippen LogP) is 4.49. The summed E-state index contributed by atoms with van der Waals surface area (Å²) in [7, 11) is 0. The highest BCUT2D eigenvalue weighted by Crippen LogP contribution is 2.28. The maximum atomic E-state index is 3.62. The summed E-state index contributed by atoms with van der Waals surface area (Å²) in [5, 5.41) is 6.26. The second-order valence-corrected chi connectivity index (χ2v) is 6.03. The molecule has 2 aromatic carbocycles. The van der Waals surface area contributed by atoms with Crippen LogP contribution in [0.2, 0.25) is 0 Å². The Morgan fingerprint density at radius 1 is 1.06 bits per heavy atom. The topological polar surface area (TPSA) is 12.0 Å². The summed E-state index contributed by atoms with van der Waals surface area (Å²) in [6.45, 7) is 2.15. The number of benzene rings is 2. The molecule has 1 fully saturated rings. The zero-order valence-electron chi connectivity index (χ0n) is 10.5. The average molecular weight is 304 g/mol. The van der Waals surface area contributed by atoms with Gasteiger partial charge in [-0.1, -0.05) is 52.7 Å². The Morgan fingerprint density at radius 2 is 1.83 bits per heavy atom. The van der Waals surface area contributed by atoms with Crippen molar-refractivity contribution in [2.75, 3.05) is 6.54 Å². The minimum atomic E-state index is 0.923. The van der Waals surface area contributed by atoms with Crippen LogP contribution in [0.1, 0.15) is 24.8 Å². The van der Waals surface area contributed by atoms with E-state index in [1.807, 2.05) is 0 Å². The quantitative estimate of drug-likeness (QED) is 0.877. The van der Waals surface area contributed by atoms with Crippen molar-refractivity contribution in [3.63, 3.8) is 0 Å². The lowest BCUT2D eigenvalue weighted by atomic mass is 9.85. The van der Waals surface area contributed by atoms with Crippen LogP contribution in [-0.2, 0) is 6.54 Å². The SMILES string of the molecule is Brc1ccc(CNCC2CCC2)c2ccccc12. The molecule has 1 aliphatic rings. The van der Waals surface area contributed by atoms with E-state index in [0.717, 1.165) is 12.5 Å². The van der Waals surface area contributed by atoms with Gasteiger partial charge in [0.15, 0.2) is 0 Å². The third-order valence-electron chi connectivity index (χ3n) is 3.93. The van der Waals surface area contributed by atoms with E-state index < -0.39 is 0 Å². The van der Waals surface area contributed by atoms with E-state index in [-0.39, 0.29) is 0 Å². The van der Waals surface area contributed by atoms with Crippen LogP contribution in [0.3, 0.4) is 0 Å². The molecule has 0 saturated heterocycles. The van der Waals surface area contributed by atoms with Crippen molar-refractivity contribution in [1.82, 2.24) is 5.32 Å². The van der Waals surface area contributed by atoms with Crippen molar-refractivity contribution in [3.8, 4) is 0 Å². The number of fused-ring (bicyclic) bond motifs is 1. The minimum absolute atomic E-state index is 0.923. The Balaban J connectivity index is 1.76. The van der Waals surface area contributed by atoms with Gasteiger partial charge in [-0.25, -0.2) is 0 Å². The summed E-state index contributed by atoms with van der Waals surface area (Å²) in [5.74, 6) is 0.923. The van der Waals surface area contributed by atoms with Gasteiger partial charge in [-0.15, -0.1) is 0 Å². The van der Waals surface area contributed by atoms with Crippen molar-refractivity contribution in [2.45, 2.75) is 25.8 Å². The highest BCUT2D eigenvalue weighted by molar-refractivity contribution is 9.10. The lowest BCUT2D eigenvalue weighted by Gasteiger charge is -2.25. The molecule has 18 heavy (non-hydrogen) atoms. The lowest BCUT2D eigenvalue weighted by molar-refractivity contribution is 0.301. The van der Waals surface area contributed by atoms with Crippen molar-refractivity contribution in [1.29, 1.82) is 0 Å². The highest BCUT2D eigenvalue weighted by Gasteiger charge is 2.16. The summed E-state index contributed by atoms with van der Waals surface area (Å²) in [6, 6.07) is 13.0. The molecule has 0 aromatic heterocycles. The van der Waals surface area contributed by atoms with Gasteiger partial charge < -0.3 is 5.32 Å².